The zero-order valence-electron chi connectivity index (χ0n) is 16.6. The highest BCUT2D eigenvalue weighted by atomic mass is 35.5. The first-order valence-corrected chi connectivity index (χ1v) is 11.0. The highest BCUT2D eigenvalue weighted by Gasteiger charge is 2.14. The summed E-state index contributed by atoms with van der Waals surface area (Å²) in [5.41, 5.74) is 7.73. The number of benzene rings is 3. The molecule has 0 bridgehead atoms. The molecule has 0 amide bonds. The largest absolute Gasteiger partial charge is 0.489 e. The molecule has 4 N–H and O–H groups in total. The first-order valence-electron chi connectivity index (χ1n) is 9.82. The minimum absolute atomic E-state index is 0.237. The molecule has 2 atom stereocenters. The second-order valence-electron chi connectivity index (χ2n) is 7.06. The van der Waals surface area contributed by atoms with E-state index in [9.17, 15) is 5.11 Å². The van der Waals surface area contributed by atoms with Gasteiger partial charge in [0.2, 0.25) is 0 Å². The lowest BCUT2D eigenvalue weighted by atomic mass is 10.0. The van der Waals surface area contributed by atoms with Crippen LogP contribution in [0.15, 0.2) is 82.6 Å². The van der Waals surface area contributed by atoms with Gasteiger partial charge in [-0.25, -0.2) is 0 Å². The lowest BCUT2D eigenvalue weighted by molar-refractivity contribution is 0.102. The van der Waals surface area contributed by atoms with Gasteiger partial charge in [-0.05, 0) is 54.3 Å². The molecule has 3 rings (SSSR count). The topological polar surface area (TPSA) is 75.7 Å². The molecule has 3 aromatic rings. The van der Waals surface area contributed by atoms with Crippen LogP contribution in [-0.2, 0) is 13.0 Å². The maximum Gasteiger partial charge on any atom is 0.120 e. The zero-order valence-corrected chi connectivity index (χ0v) is 18.1. The molecule has 0 saturated heterocycles. The van der Waals surface area contributed by atoms with Crippen molar-refractivity contribution in [1.29, 1.82) is 0 Å². The summed E-state index contributed by atoms with van der Waals surface area (Å²) in [4.78, 5) is 2.09. The molecule has 0 spiro atoms. The van der Waals surface area contributed by atoms with Gasteiger partial charge in [0, 0.05) is 14.8 Å². The van der Waals surface area contributed by atoms with Crippen LogP contribution in [-0.4, -0.2) is 29.0 Å². The fourth-order valence-electron chi connectivity index (χ4n) is 2.94. The van der Waals surface area contributed by atoms with E-state index in [2.05, 4.69) is 0 Å². The van der Waals surface area contributed by atoms with Gasteiger partial charge < -0.3 is 20.7 Å². The SMILES string of the molecule is N[C@H](CO)C(O)CCc1ccc(Sc2cccc(OCc3ccccc3)c2)cc1Cl. The molecule has 0 saturated carbocycles. The van der Waals surface area contributed by atoms with Gasteiger partial charge in [0.1, 0.15) is 12.4 Å². The quantitative estimate of drug-likeness (QED) is 0.424. The summed E-state index contributed by atoms with van der Waals surface area (Å²) in [7, 11) is 0. The first kappa shape index (κ1) is 22.7. The number of aliphatic hydroxyl groups excluding tert-OH is 2. The summed E-state index contributed by atoms with van der Waals surface area (Å²) < 4.78 is 5.91. The molecule has 0 aliphatic carbocycles. The van der Waals surface area contributed by atoms with E-state index in [0.717, 1.165) is 26.7 Å². The minimum atomic E-state index is -0.751. The van der Waals surface area contributed by atoms with Crippen molar-refractivity contribution in [2.45, 2.75) is 41.4 Å². The van der Waals surface area contributed by atoms with Gasteiger partial charge in [-0.1, -0.05) is 65.8 Å². The van der Waals surface area contributed by atoms with Gasteiger partial charge >= 0.3 is 0 Å². The summed E-state index contributed by atoms with van der Waals surface area (Å²) in [5.74, 6) is 0.820. The van der Waals surface area contributed by atoms with Crippen molar-refractivity contribution < 1.29 is 14.9 Å². The van der Waals surface area contributed by atoms with Crippen LogP contribution in [0.25, 0.3) is 0 Å². The third-order valence-electron chi connectivity index (χ3n) is 4.73. The lowest BCUT2D eigenvalue weighted by Gasteiger charge is -2.16. The van der Waals surface area contributed by atoms with E-state index in [1.165, 1.54) is 0 Å². The van der Waals surface area contributed by atoms with E-state index >= 15 is 0 Å². The molecule has 0 aromatic heterocycles. The molecular formula is C24H26ClNO3S. The van der Waals surface area contributed by atoms with Crippen LogP contribution in [0.4, 0.5) is 0 Å². The molecule has 4 nitrogen and oxygen atoms in total. The fourth-order valence-corrected chi connectivity index (χ4v) is 4.18. The van der Waals surface area contributed by atoms with Crippen molar-refractivity contribution in [1.82, 2.24) is 0 Å². The van der Waals surface area contributed by atoms with Gasteiger partial charge in [-0.3, -0.25) is 0 Å². The molecule has 0 aliphatic heterocycles. The van der Waals surface area contributed by atoms with E-state index in [4.69, 9.17) is 27.2 Å². The Labute approximate surface area is 186 Å². The average Bonchev–Trinajstić information content (AvgIpc) is 2.77. The van der Waals surface area contributed by atoms with Crippen molar-refractivity contribution in [3.63, 3.8) is 0 Å². The summed E-state index contributed by atoms with van der Waals surface area (Å²) in [6.07, 6.45) is 0.301. The fraction of sp³-hybridized carbons (Fsp3) is 0.250. The number of aliphatic hydroxyl groups is 2. The number of aryl methyl sites for hydroxylation is 1. The molecule has 158 valence electrons. The van der Waals surface area contributed by atoms with Crippen LogP contribution in [0.1, 0.15) is 17.5 Å². The van der Waals surface area contributed by atoms with E-state index < -0.39 is 12.1 Å². The summed E-state index contributed by atoms with van der Waals surface area (Å²) in [6, 6.07) is 23.3. The Bertz CT molecular complexity index is 939. The maximum absolute atomic E-state index is 9.92. The number of ether oxygens (including phenoxy) is 1. The molecule has 0 radical (unpaired) electrons. The van der Waals surface area contributed by atoms with Crippen molar-refractivity contribution >= 4 is 23.4 Å². The Morgan fingerprint density at radius 3 is 2.47 bits per heavy atom. The smallest absolute Gasteiger partial charge is 0.120 e. The molecule has 0 heterocycles. The standard InChI is InChI=1S/C24H26ClNO3S/c25-22-14-21(11-9-18(22)10-12-24(28)23(26)15-27)30-20-8-4-7-19(13-20)29-16-17-5-2-1-3-6-17/h1-9,11,13-14,23-24,27-28H,10,12,15-16,26H2/t23-,24?/m1/s1. The molecule has 3 aromatic carbocycles. The molecule has 1 unspecified atom stereocenters. The van der Waals surface area contributed by atoms with Crippen LogP contribution in [0, 0.1) is 0 Å². The van der Waals surface area contributed by atoms with Crippen molar-refractivity contribution in [3.8, 4) is 5.75 Å². The number of hydrogen-bond donors (Lipinski definition) is 3. The Hall–Kier alpha value is -2.02. The van der Waals surface area contributed by atoms with Crippen molar-refractivity contribution in [3.05, 3.63) is 88.9 Å². The van der Waals surface area contributed by atoms with E-state index in [0.29, 0.717) is 24.5 Å². The Morgan fingerprint density at radius 1 is 0.967 bits per heavy atom. The Morgan fingerprint density at radius 2 is 1.73 bits per heavy atom. The number of nitrogens with two attached hydrogens (primary N) is 1. The molecule has 0 aliphatic rings. The number of rotatable bonds is 10. The van der Waals surface area contributed by atoms with Crippen molar-refractivity contribution in [2.75, 3.05) is 6.61 Å². The van der Waals surface area contributed by atoms with Gasteiger partial charge in [-0.15, -0.1) is 0 Å². The molecule has 6 heteroatoms. The summed E-state index contributed by atoms with van der Waals surface area (Å²) in [5, 5.41) is 19.6. The minimum Gasteiger partial charge on any atom is -0.489 e. The third kappa shape index (κ3) is 6.76. The van der Waals surface area contributed by atoms with Crippen LogP contribution in [0.5, 0.6) is 5.75 Å². The highest BCUT2D eigenvalue weighted by Crippen LogP contribution is 2.33. The predicted molar refractivity (Wildman–Crippen MR) is 122 cm³/mol. The van der Waals surface area contributed by atoms with Crippen molar-refractivity contribution in [2.24, 2.45) is 5.73 Å². The predicted octanol–water partition coefficient (Wildman–Crippen LogP) is 4.68. The maximum atomic E-state index is 9.92. The Balaban J connectivity index is 1.59. The van der Waals surface area contributed by atoms with Gasteiger partial charge in [0.15, 0.2) is 0 Å². The van der Waals surface area contributed by atoms with Crippen LogP contribution in [0.2, 0.25) is 5.02 Å². The normalized spacial score (nSPS) is 13.1. The Kier molecular flexibility index (Phi) is 8.61. The number of halogens is 1. The van der Waals surface area contributed by atoms with Crippen LogP contribution < -0.4 is 10.5 Å². The zero-order chi connectivity index (χ0) is 21.3. The molecule has 30 heavy (non-hydrogen) atoms. The second kappa shape index (κ2) is 11.4. The molecular weight excluding hydrogens is 418 g/mol. The third-order valence-corrected chi connectivity index (χ3v) is 6.06. The first-order chi connectivity index (χ1) is 14.5. The number of hydrogen-bond acceptors (Lipinski definition) is 5. The van der Waals surface area contributed by atoms with Gasteiger partial charge in [0.05, 0.1) is 18.8 Å². The van der Waals surface area contributed by atoms with E-state index in [1.54, 1.807) is 11.8 Å². The van der Waals surface area contributed by atoms with E-state index in [1.807, 2.05) is 72.8 Å². The van der Waals surface area contributed by atoms with Crippen LogP contribution in [0.3, 0.4) is 0 Å². The summed E-state index contributed by atoms with van der Waals surface area (Å²) in [6.45, 7) is 0.292. The average molecular weight is 444 g/mol. The van der Waals surface area contributed by atoms with Crippen LogP contribution >= 0.6 is 23.4 Å². The lowest BCUT2D eigenvalue weighted by Crippen LogP contribution is -2.38. The highest BCUT2D eigenvalue weighted by molar-refractivity contribution is 7.99. The van der Waals surface area contributed by atoms with E-state index in [-0.39, 0.29) is 6.61 Å². The molecule has 0 fully saturated rings. The van der Waals surface area contributed by atoms with Gasteiger partial charge in [-0.2, -0.15) is 0 Å². The summed E-state index contributed by atoms with van der Waals surface area (Å²) >= 11 is 8.05. The van der Waals surface area contributed by atoms with Gasteiger partial charge in [0.25, 0.3) is 0 Å². The second-order valence-corrected chi connectivity index (χ2v) is 8.61. The monoisotopic (exact) mass is 443 g/mol.